The Kier molecular flexibility index (Phi) is 6.30. The second-order valence-corrected chi connectivity index (χ2v) is 6.59. The molecule has 3 nitrogen and oxygen atoms in total. The molecule has 1 aromatic carbocycles. The van der Waals surface area contributed by atoms with Gasteiger partial charge < -0.3 is 14.8 Å². The van der Waals surface area contributed by atoms with Gasteiger partial charge in [-0.2, -0.15) is 0 Å². The number of benzene rings is 1. The van der Waals surface area contributed by atoms with Crippen LogP contribution in [0.4, 0.5) is 0 Å². The Bertz CT molecular complexity index is 402. The number of halogens is 1. The number of rotatable bonds is 6. The molecule has 1 unspecified atom stereocenters. The number of hydrogen-bond donors (Lipinski definition) is 1. The fourth-order valence-corrected chi connectivity index (χ4v) is 1.87. The molecule has 1 N–H and O–H groups in total. The van der Waals surface area contributed by atoms with Gasteiger partial charge in [0.25, 0.3) is 0 Å². The van der Waals surface area contributed by atoms with E-state index < -0.39 is 0 Å². The summed E-state index contributed by atoms with van der Waals surface area (Å²) >= 11 is 3.49. The van der Waals surface area contributed by atoms with Gasteiger partial charge in [0.1, 0.15) is 11.9 Å². The number of nitrogens with one attached hydrogen (secondary N) is 1. The normalized spacial score (nSPS) is 13.4. The third-order valence-electron chi connectivity index (χ3n) is 2.64. The van der Waals surface area contributed by atoms with Crippen LogP contribution in [0.25, 0.3) is 0 Å². The molecule has 0 radical (unpaired) electrons. The van der Waals surface area contributed by atoms with E-state index in [4.69, 9.17) is 9.47 Å². The van der Waals surface area contributed by atoms with Gasteiger partial charge in [-0.05, 0) is 51.5 Å². The van der Waals surface area contributed by atoms with E-state index in [0.717, 1.165) is 22.3 Å². The predicted molar refractivity (Wildman–Crippen MR) is 82.9 cm³/mol. The lowest BCUT2D eigenvalue weighted by Crippen LogP contribution is -2.44. The molecule has 4 heteroatoms. The molecule has 1 rings (SSSR count). The van der Waals surface area contributed by atoms with Crippen molar-refractivity contribution in [1.29, 1.82) is 0 Å². The molecule has 0 aliphatic rings. The van der Waals surface area contributed by atoms with E-state index in [1.165, 1.54) is 0 Å². The fraction of sp³-hybridized carbons (Fsp3) is 0.600. The van der Waals surface area contributed by atoms with Crippen LogP contribution in [0, 0.1) is 6.92 Å². The van der Waals surface area contributed by atoms with Crippen LogP contribution in [0.15, 0.2) is 22.7 Å². The lowest BCUT2D eigenvalue weighted by atomic mass is 10.1. The van der Waals surface area contributed by atoms with Crippen molar-refractivity contribution in [3.8, 4) is 5.75 Å². The molecule has 0 fully saturated rings. The second-order valence-electron chi connectivity index (χ2n) is 5.74. The predicted octanol–water partition coefficient (Wildman–Crippen LogP) is 3.54. The lowest BCUT2D eigenvalue weighted by molar-refractivity contribution is 0.0764. The SMILES string of the molecule is COCC(CNC(C)(C)C)Oc1ccc(Br)c(C)c1. The second kappa shape index (κ2) is 7.27. The van der Waals surface area contributed by atoms with Crippen molar-refractivity contribution in [2.45, 2.75) is 39.3 Å². The summed E-state index contributed by atoms with van der Waals surface area (Å²) in [6.45, 7) is 9.79. The number of aryl methyl sites for hydroxylation is 1. The Morgan fingerprint density at radius 2 is 2.00 bits per heavy atom. The maximum Gasteiger partial charge on any atom is 0.134 e. The molecule has 0 amide bonds. The van der Waals surface area contributed by atoms with E-state index >= 15 is 0 Å². The summed E-state index contributed by atoms with van der Waals surface area (Å²) in [6.07, 6.45) is 0.00444. The van der Waals surface area contributed by atoms with Crippen LogP contribution < -0.4 is 10.1 Å². The summed E-state index contributed by atoms with van der Waals surface area (Å²) in [5, 5.41) is 3.44. The van der Waals surface area contributed by atoms with Gasteiger partial charge in [-0.1, -0.05) is 15.9 Å². The molecular weight excluding hydrogens is 306 g/mol. The highest BCUT2D eigenvalue weighted by Crippen LogP contribution is 2.22. The summed E-state index contributed by atoms with van der Waals surface area (Å²) in [5.74, 6) is 0.874. The molecule has 19 heavy (non-hydrogen) atoms. The Balaban J connectivity index is 2.64. The first-order valence-corrected chi connectivity index (χ1v) is 7.28. The van der Waals surface area contributed by atoms with E-state index in [1.807, 2.05) is 18.2 Å². The molecule has 0 aliphatic heterocycles. The molecule has 0 saturated heterocycles. The van der Waals surface area contributed by atoms with Gasteiger partial charge in [-0.25, -0.2) is 0 Å². The molecular formula is C15H24BrNO2. The zero-order chi connectivity index (χ0) is 14.5. The maximum absolute atomic E-state index is 5.98. The van der Waals surface area contributed by atoms with Crippen molar-refractivity contribution >= 4 is 15.9 Å². The van der Waals surface area contributed by atoms with E-state index in [9.17, 15) is 0 Å². The highest BCUT2D eigenvalue weighted by Gasteiger charge is 2.15. The zero-order valence-electron chi connectivity index (χ0n) is 12.4. The van der Waals surface area contributed by atoms with Crippen molar-refractivity contribution in [1.82, 2.24) is 5.32 Å². The number of ether oxygens (including phenoxy) is 2. The number of methoxy groups -OCH3 is 1. The maximum atomic E-state index is 5.98. The van der Waals surface area contributed by atoms with Crippen LogP contribution in [0.3, 0.4) is 0 Å². The molecule has 108 valence electrons. The average Bonchev–Trinajstić information content (AvgIpc) is 2.30. The summed E-state index contributed by atoms with van der Waals surface area (Å²) in [7, 11) is 1.69. The minimum atomic E-state index is 0.00444. The van der Waals surface area contributed by atoms with Crippen molar-refractivity contribution in [3.63, 3.8) is 0 Å². The first-order valence-electron chi connectivity index (χ1n) is 6.48. The quantitative estimate of drug-likeness (QED) is 0.865. The van der Waals surface area contributed by atoms with Gasteiger partial charge >= 0.3 is 0 Å². The molecule has 0 aromatic heterocycles. The Hall–Kier alpha value is -0.580. The molecule has 0 aliphatic carbocycles. The van der Waals surface area contributed by atoms with Gasteiger partial charge in [0, 0.05) is 23.7 Å². The largest absolute Gasteiger partial charge is 0.487 e. The van der Waals surface area contributed by atoms with Gasteiger partial charge in [0.2, 0.25) is 0 Å². The summed E-state index contributed by atoms with van der Waals surface area (Å²) in [5.41, 5.74) is 1.24. The van der Waals surface area contributed by atoms with Gasteiger partial charge in [-0.15, -0.1) is 0 Å². The van der Waals surface area contributed by atoms with Crippen LogP contribution in [0.1, 0.15) is 26.3 Å². The standard InChI is InChI=1S/C15H24BrNO2/c1-11-8-12(6-7-14(11)16)19-13(10-18-5)9-17-15(2,3)4/h6-8,13,17H,9-10H2,1-5H3. The van der Waals surface area contributed by atoms with Crippen molar-refractivity contribution in [3.05, 3.63) is 28.2 Å². The third kappa shape index (κ3) is 6.41. The van der Waals surface area contributed by atoms with E-state index in [-0.39, 0.29) is 11.6 Å². The van der Waals surface area contributed by atoms with Gasteiger partial charge in [-0.3, -0.25) is 0 Å². The topological polar surface area (TPSA) is 30.5 Å². The summed E-state index contributed by atoms with van der Waals surface area (Å²) in [4.78, 5) is 0. The Morgan fingerprint density at radius 1 is 1.32 bits per heavy atom. The minimum absolute atomic E-state index is 0.00444. The first kappa shape index (κ1) is 16.5. The Morgan fingerprint density at radius 3 is 2.53 bits per heavy atom. The minimum Gasteiger partial charge on any atom is -0.487 e. The zero-order valence-corrected chi connectivity index (χ0v) is 14.0. The van der Waals surface area contributed by atoms with Crippen molar-refractivity contribution < 1.29 is 9.47 Å². The molecule has 0 heterocycles. The van der Waals surface area contributed by atoms with Crippen LogP contribution in [-0.4, -0.2) is 31.9 Å². The lowest BCUT2D eigenvalue weighted by Gasteiger charge is -2.25. The van der Waals surface area contributed by atoms with Crippen LogP contribution in [-0.2, 0) is 4.74 Å². The van der Waals surface area contributed by atoms with Crippen LogP contribution in [0.2, 0.25) is 0 Å². The van der Waals surface area contributed by atoms with Crippen LogP contribution in [0.5, 0.6) is 5.75 Å². The molecule has 0 spiro atoms. The molecule has 1 atom stereocenters. The van der Waals surface area contributed by atoms with E-state index in [1.54, 1.807) is 7.11 Å². The summed E-state index contributed by atoms with van der Waals surface area (Å²) in [6, 6.07) is 6.01. The summed E-state index contributed by atoms with van der Waals surface area (Å²) < 4.78 is 12.3. The highest BCUT2D eigenvalue weighted by atomic mass is 79.9. The van der Waals surface area contributed by atoms with Crippen molar-refractivity contribution in [2.24, 2.45) is 0 Å². The van der Waals surface area contributed by atoms with Crippen LogP contribution >= 0.6 is 15.9 Å². The monoisotopic (exact) mass is 329 g/mol. The average molecular weight is 330 g/mol. The first-order chi connectivity index (χ1) is 8.81. The fourth-order valence-electron chi connectivity index (χ4n) is 1.62. The Labute approximate surface area is 124 Å². The van der Waals surface area contributed by atoms with Gasteiger partial charge in [0.15, 0.2) is 0 Å². The molecule has 1 aromatic rings. The third-order valence-corrected chi connectivity index (χ3v) is 3.53. The van der Waals surface area contributed by atoms with E-state index in [0.29, 0.717) is 6.61 Å². The molecule has 0 bridgehead atoms. The molecule has 0 saturated carbocycles. The number of hydrogen-bond acceptors (Lipinski definition) is 3. The van der Waals surface area contributed by atoms with Gasteiger partial charge in [0.05, 0.1) is 6.61 Å². The van der Waals surface area contributed by atoms with Crippen molar-refractivity contribution in [2.75, 3.05) is 20.3 Å². The highest BCUT2D eigenvalue weighted by molar-refractivity contribution is 9.10. The smallest absolute Gasteiger partial charge is 0.134 e. The van der Waals surface area contributed by atoms with E-state index in [2.05, 4.69) is 48.9 Å².